The number of benzene rings is 2. The Morgan fingerprint density at radius 2 is 1.11 bits per heavy atom. The van der Waals surface area contributed by atoms with Crippen LogP contribution in [-0.4, -0.2) is 0 Å². The van der Waals surface area contributed by atoms with Gasteiger partial charge in [0.05, 0.1) is 0 Å². The SMILES string of the molecule is CC(C)c1ccc2cc(C(C)C)c(C(C)C)cc2c1. The van der Waals surface area contributed by atoms with Crippen LogP contribution in [0.2, 0.25) is 0 Å². The van der Waals surface area contributed by atoms with Crippen molar-refractivity contribution >= 4 is 10.8 Å². The molecule has 0 nitrogen and oxygen atoms in total. The van der Waals surface area contributed by atoms with E-state index in [4.69, 9.17) is 0 Å². The first kappa shape index (κ1) is 14.1. The summed E-state index contributed by atoms with van der Waals surface area (Å²) in [6, 6.07) is 11.7. The van der Waals surface area contributed by atoms with Gasteiger partial charge in [-0.3, -0.25) is 0 Å². The Labute approximate surface area is 117 Å². The van der Waals surface area contributed by atoms with Crippen molar-refractivity contribution in [3.8, 4) is 0 Å². The van der Waals surface area contributed by atoms with E-state index >= 15 is 0 Å². The van der Waals surface area contributed by atoms with Gasteiger partial charge in [0.1, 0.15) is 0 Å². The minimum absolute atomic E-state index is 0.588. The largest absolute Gasteiger partial charge is 0.0587 e. The first-order valence-electron chi connectivity index (χ1n) is 7.47. The van der Waals surface area contributed by atoms with Crippen molar-refractivity contribution in [3.63, 3.8) is 0 Å². The molecule has 0 saturated carbocycles. The second kappa shape index (κ2) is 5.36. The lowest BCUT2D eigenvalue weighted by molar-refractivity contribution is 0.793. The smallest absolute Gasteiger partial charge is 0.0178 e. The van der Waals surface area contributed by atoms with Gasteiger partial charge < -0.3 is 0 Å². The van der Waals surface area contributed by atoms with Crippen LogP contribution in [0.3, 0.4) is 0 Å². The first-order chi connectivity index (χ1) is 8.90. The van der Waals surface area contributed by atoms with Gasteiger partial charge in [-0.25, -0.2) is 0 Å². The van der Waals surface area contributed by atoms with Crippen LogP contribution in [0.1, 0.15) is 76.0 Å². The molecule has 0 saturated heterocycles. The Kier molecular flexibility index (Phi) is 3.99. The molecular formula is C19H26. The normalized spacial score (nSPS) is 12.1. The van der Waals surface area contributed by atoms with Gasteiger partial charge in [-0.1, -0.05) is 71.9 Å². The van der Waals surface area contributed by atoms with E-state index in [1.165, 1.54) is 27.5 Å². The van der Waals surface area contributed by atoms with Crippen LogP contribution in [0, 0.1) is 0 Å². The van der Waals surface area contributed by atoms with E-state index in [0.717, 1.165) is 0 Å². The van der Waals surface area contributed by atoms with Crippen molar-refractivity contribution in [1.29, 1.82) is 0 Å². The van der Waals surface area contributed by atoms with E-state index in [0.29, 0.717) is 17.8 Å². The molecule has 0 aliphatic heterocycles. The van der Waals surface area contributed by atoms with Gasteiger partial charge in [-0.2, -0.15) is 0 Å². The molecule has 0 bridgehead atoms. The number of hydrogen-bond donors (Lipinski definition) is 0. The summed E-state index contributed by atoms with van der Waals surface area (Å²) < 4.78 is 0. The second-order valence-corrected chi connectivity index (χ2v) is 6.55. The fourth-order valence-corrected chi connectivity index (χ4v) is 2.71. The van der Waals surface area contributed by atoms with E-state index in [2.05, 4.69) is 71.9 Å². The third-order valence-electron chi connectivity index (χ3n) is 3.98. The van der Waals surface area contributed by atoms with Gasteiger partial charge in [0, 0.05) is 0 Å². The zero-order valence-corrected chi connectivity index (χ0v) is 13.1. The van der Waals surface area contributed by atoms with Crippen molar-refractivity contribution in [2.75, 3.05) is 0 Å². The van der Waals surface area contributed by atoms with E-state index in [9.17, 15) is 0 Å². The minimum Gasteiger partial charge on any atom is -0.0587 e. The van der Waals surface area contributed by atoms with Crippen LogP contribution in [0.5, 0.6) is 0 Å². The van der Waals surface area contributed by atoms with Gasteiger partial charge >= 0.3 is 0 Å². The quantitative estimate of drug-likeness (QED) is 0.611. The monoisotopic (exact) mass is 254 g/mol. The highest BCUT2D eigenvalue weighted by Gasteiger charge is 2.12. The van der Waals surface area contributed by atoms with Crippen molar-refractivity contribution in [2.45, 2.75) is 59.3 Å². The molecule has 2 aromatic carbocycles. The molecule has 19 heavy (non-hydrogen) atoms. The average molecular weight is 254 g/mol. The van der Waals surface area contributed by atoms with Crippen molar-refractivity contribution < 1.29 is 0 Å². The van der Waals surface area contributed by atoms with Crippen LogP contribution in [0.25, 0.3) is 10.8 Å². The highest BCUT2D eigenvalue weighted by Crippen LogP contribution is 2.32. The molecule has 0 N–H and O–H groups in total. The zero-order chi connectivity index (χ0) is 14.2. The molecule has 0 amide bonds. The lowest BCUT2D eigenvalue weighted by Crippen LogP contribution is -1.99. The summed E-state index contributed by atoms with van der Waals surface area (Å²) >= 11 is 0. The zero-order valence-electron chi connectivity index (χ0n) is 13.1. The molecule has 0 atom stereocenters. The van der Waals surface area contributed by atoms with Gasteiger partial charge in [0.15, 0.2) is 0 Å². The van der Waals surface area contributed by atoms with Crippen LogP contribution < -0.4 is 0 Å². The lowest BCUT2D eigenvalue weighted by Gasteiger charge is -2.18. The van der Waals surface area contributed by atoms with Crippen LogP contribution >= 0.6 is 0 Å². The molecule has 0 aromatic heterocycles. The summed E-state index contributed by atoms with van der Waals surface area (Å²) in [5.74, 6) is 1.77. The molecule has 0 radical (unpaired) electrons. The minimum atomic E-state index is 0.588. The fourth-order valence-electron chi connectivity index (χ4n) is 2.71. The third-order valence-corrected chi connectivity index (χ3v) is 3.98. The molecule has 2 aromatic rings. The van der Waals surface area contributed by atoms with E-state index in [1.54, 1.807) is 0 Å². The van der Waals surface area contributed by atoms with Crippen molar-refractivity contribution in [2.24, 2.45) is 0 Å². The number of fused-ring (bicyclic) bond motifs is 1. The summed E-state index contributed by atoms with van der Waals surface area (Å²) in [4.78, 5) is 0. The second-order valence-electron chi connectivity index (χ2n) is 6.55. The van der Waals surface area contributed by atoms with Gasteiger partial charge in [0.2, 0.25) is 0 Å². The summed E-state index contributed by atoms with van der Waals surface area (Å²) in [7, 11) is 0. The molecule has 2 rings (SSSR count). The summed E-state index contributed by atoms with van der Waals surface area (Å²) in [5, 5.41) is 2.76. The number of rotatable bonds is 3. The topological polar surface area (TPSA) is 0 Å². The molecule has 0 fully saturated rings. The Bertz CT molecular complexity index is 574. The fraction of sp³-hybridized carbons (Fsp3) is 0.474. The van der Waals surface area contributed by atoms with E-state index in [1.807, 2.05) is 0 Å². The molecule has 102 valence electrons. The highest BCUT2D eigenvalue weighted by atomic mass is 14.2. The van der Waals surface area contributed by atoms with Crippen molar-refractivity contribution in [1.82, 2.24) is 0 Å². The first-order valence-corrected chi connectivity index (χ1v) is 7.47. The molecule has 0 spiro atoms. The maximum atomic E-state index is 2.40. The van der Waals surface area contributed by atoms with Crippen LogP contribution in [-0.2, 0) is 0 Å². The van der Waals surface area contributed by atoms with Crippen molar-refractivity contribution in [3.05, 3.63) is 47.0 Å². The van der Waals surface area contributed by atoms with E-state index in [-0.39, 0.29) is 0 Å². The molecule has 0 aliphatic carbocycles. The third kappa shape index (κ3) is 2.83. The summed E-state index contributed by atoms with van der Waals surface area (Å²) in [6.07, 6.45) is 0. The summed E-state index contributed by atoms with van der Waals surface area (Å²) in [6.45, 7) is 13.7. The lowest BCUT2D eigenvalue weighted by atomic mass is 9.87. The van der Waals surface area contributed by atoms with Gasteiger partial charge in [0.25, 0.3) is 0 Å². The Balaban J connectivity index is 2.67. The predicted octanol–water partition coefficient (Wildman–Crippen LogP) is 6.21. The molecule has 0 aliphatic rings. The average Bonchev–Trinajstić information content (AvgIpc) is 2.36. The number of hydrogen-bond acceptors (Lipinski definition) is 0. The molecule has 0 heteroatoms. The maximum absolute atomic E-state index is 2.40. The highest BCUT2D eigenvalue weighted by molar-refractivity contribution is 5.85. The molecule has 0 heterocycles. The Hall–Kier alpha value is -1.30. The van der Waals surface area contributed by atoms with Crippen LogP contribution in [0.15, 0.2) is 30.3 Å². The molecular weight excluding hydrogens is 228 g/mol. The standard InChI is InChI=1S/C19H26/c1-12(2)15-7-8-16-10-18(13(3)4)19(14(5)6)11-17(16)9-15/h7-14H,1-6H3. The van der Waals surface area contributed by atoms with Gasteiger partial charge in [-0.15, -0.1) is 0 Å². The Morgan fingerprint density at radius 3 is 1.58 bits per heavy atom. The Morgan fingerprint density at radius 1 is 0.579 bits per heavy atom. The van der Waals surface area contributed by atoms with E-state index < -0.39 is 0 Å². The van der Waals surface area contributed by atoms with Crippen LogP contribution in [0.4, 0.5) is 0 Å². The van der Waals surface area contributed by atoms with Gasteiger partial charge in [-0.05, 0) is 45.2 Å². The molecule has 0 unspecified atom stereocenters. The predicted molar refractivity (Wildman–Crippen MR) is 86.2 cm³/mol. The maximum Gasteiger partial charge on any atom is -0.0178 e. The summed E-state index contributed by atoms with van der Waals surface area (Å²) in [5.41, 5.74) is 4.43.